The highest BCUT2D eigenvalue weighted by molar-refractivity contribution is 5.93. The van der Waals surface area contributed by atoms with Crippen molar-refractivity contribution in [3.63, 3.8) is 0 Å². The van der Waals surface area contributed by atoms with E-state index in [1.165, 1.54) is 23.1 Å². The summed E-state index contributed by atoms with van der Waals surface area (Å²) in [5.74, 6) is 1.78. The number of fused-ring (bicyclic) bond motifs is 8. The number of ether oxygens (including phenoxy) is 5. The number of phenols is 1. The lowest BCUT2D eigenvalue weighted by molar-refractivity contribution is 0.0768. The van der Waals surface area contributed by atoms with Gasteiger partial charge in [-0.15, -0.1) is 0 Å². The predicted molar refractivity (Wildman–Crippen MR) is 244 cm³/mol. The Morgan fingerprint density at radius 1 is 0.859 bits per heavy atom. The fraction of sp³-hybridized carbons (Fsp3) is 0.358. The van der Waals surface area contributed by atoms with Crippen LogP contribution in [0.1, 0.15) is 70.5 Å². The summed E-state index contributed by atoms with van der Waals surface area (Å²) >= 11 is 0. The lowest BCUT2D eigenvalue weighted by Crippen LogP contribution is -2.46. The number of hydrogen-bond acceptors (Lipinski definition) is 11. The van der Waals surface area contributed by atoms with Gasteiger partial charge in [0.25, 0.3) is 0 Å². The minimum atomic E-state index is -1.04. The Kier molecular flexibility index (Phi) is 10.1. The molecule has 11 heteroatoms. The van der Waals surface area contributed by atoms with Crippen LogP contribution in [0.5, 0.6) is 34.5 Å². The van der Waals surface area contributed by atoms with Crippen LogP contribution < -0.4 is 44.8 Å². The van der Waals surface area contributed by atoms with Gasteiger partial charge in [-0.3, -0.25) is 5.32 Å². The summed E-state index contributed by atoms with van der Waals surface area (Å²) in [5.41, 5.74) is 8.28. The molecule has 1 fully saturated rings. The minimum Gasteiger partial charge on any atom is -0.502 e. The van der Waals surface area contributed by atoms with Gasteiger partial charge in [0.2, 0.25) is 5.75 Å². The van der Waals surface area contributed by atoms with Gasteiger partial charge < -0.3 is 49.4 Å². The number of methoxy groups -OCH3 is 2. The first-order valence-corrected chi connectivity index (χ1v) is 22.5. The molecule has 8 atom stereocenters. The molecule has 6 N–H and O–H groups in total. The van der Waals surface area contributed by atoms with Crippen molar-refractivity contribution in [2.24, 2.45) is 23.7 Å². The van der Waals surface area contributed by atoms with Gasteiger partial charge in [-0.1, -0.05) is 79.8 Å². The Morgan fingerprint density at radius 3 is 2.42 bits per heavy atom. The SMILES string of the molecule is CCNCOc1cc(OC)c2c3c1C(O)Nc1cc4c(c(c1-3)CC2)C(O)C(c1cc(OC)c(O)c(OCC(CO)C23CC5C=c6ccccc6=CC5C2C=Cc2ccccc23)c1)CO4. The van der Waals surface area contributed by atoms with Gasteiger partial charge in [-0.2, -0.15) is 0 Å². The lowest BCUT2D eigenvalue weighted by atomic mass is 9.60. The molecule has 5 aromatic rings. The molecular formula is C53H54N2O9. The van der Waals surface area contributed by atoms with Crippen molar-refractivity contribution in [2.45, 2.75) is 49.9 Å². The predicted octanol–water partition coefficient (Wildman–Crippen LogP) is 6.23. The van der Waals surface area contributed by atoms with Crippen molar-refractivity contribution in [1.82, 2.24) is 5.32 Å². The number of anilines is 1. The molecule has 0 amide bonds. The lowest BCUT2D eigenvalue weighted by Gasteiger charge is -2.45. The third-order valence-corrected chi connectivity index (χ3v) is 15.1. The average molecular weight is 863 g/mol. The average Bonchev–Trinajstić information content (AvgIpc) is 3.65. The van der Waals surface area contributed by atoms with Crippen LogP contribution in [0.3, 0.4) is 0 Å². The molecule has 11 nitrogen and oxygen atoms in total. The maximum Gasteiger partial charge on any atom is 0.200 e. The molecule has 0 spiro atoms. The van der Waals surface area contributed by atoms with E-state index in [-0.39, 0.29) is 67.5 Å². The molecule has 1 saturated carbocycles. The third-order valence-electron chi connectivity index (χ3n) is 15.1. The zero-order chi connectivity index (χ0) is 43.9. The summed E-state index contributed by atoms with van der Waals surface area (Å²) in [4.78, 5) is 0. The Bertz CT molecular complexity index is 2840. The number of aromatic hydroxyl groups is 1. The molecule has 11 rings (SSSR count). The highest BCUT2D eigenvalue weighted by atomic mass is 16.5. The number of hydrogen-bond donors (Lipinski definition) is 6. The fourth-order valence-electron chi connectivity index (χ4n) is 12.2. The molecule has 6 aliphatic rings. The van der Waals surface area contributed by atoms with Crippen molar-refractivity contribution >= 4 is 23.9 Å². The topological polar surface area (TPSA) is 151 Å². The summed E-state index contributed by atoms with van der Waals surface area (Å²) in [6.07, 6.45) is 9.45. The second-order valence-electron chi connectivity index (χ2n) is 18.0. The number of aliphatic hydroxyl groups is 3. The highest BCUT2D eigenvalue weighted by Gasteiger charge is 2.57. The van der Waals surface area contributed by atoms with Crippen molar-refractivity contribution < 1.29 is 44.1 Å². The van der Waals surface area contributed by atoms with Crippen LogP contribution >= 0.6 is 0 Å². The van der Waals surface area contributed by atoms with E-state index in [4.69, 9.17) is 23.7 Å². The van der Waals surface area contributed by atoms with Crippen molar-refractivity contribution in [1.29, 1.82) is 0 Å². The van der Waals surface area contributed by atoms with E-state index >= 15 is 0 Å². The van der Waals surface area contributed by atoms with Crippen LogP contribution in [0.15, 0.2) is 78.9 Å². The molecule has 4 aliphatic carbocycles. The van der Waals surface area contributed by atoms with Crippen molar-refractivity contribution in [3.05, 3.63) is 128 Å². The molecule has 2 heterocycles. The second kappa shape index (κ2) is 15.9. The molecule has 8 unspecified atom stereocenters. The van der Waals surface area contributed by atoms with E-state index in [9.17, 15) is 20.4 Å². The third kappa shape index (κ3) is 6.15. The second-order valence-corrected chi connectivity index (χ2v) is 18.0. The van der Waals surface area contributed by atoms with Crippen molar-refractivity contribution in [2.75, 3.05) is 52.6 Å². The molecule has 0 radical (unpaired) electrons. The number of aliphatic hydroxyl groups excluding tert-OH is 3. The molecule has 2 aliphatic heterocycles. The van der Waals surface area contributed by atoms with Crippen LogP contribution in [0.2, 0.25) is 0 Å². The molecule has 0 saturated heterocycles. The summed E-state index contributed by atoms with van der Waals surface area (Å²) in [6, 6.07) is 24.3. The number of nitrogens with one attached hydrogen (secondary N) is 2. The molecule has 330 valence electrons. The van der Waals surface area contributed by atoms with Gasteiger partial charge in [-0.25, -0.2) is 0 Å². The van der Waals surface area contributed by atoms with Gasteiger partial charge in [0.15, 0.2) is 17.7 Å². The normalized spacial score (nSPS) is 25.3. The van der Waals surface area contributed by atoms with Gasteiger partial charge in [-0.05, 0) is 88.4 Å². The molecular weight excluding hydrogens is 809 g/mol. The minimum absolute atomic E-state index is 0.117. The van der Waals surface area contributed by atoms with E-state index in [0.29, 0.717) is 52.5 Å². The van der Waals surface area contributed by atoms with Gasteiger partial charge >= 0.3 is 0 Å². The number of phenolic OH excluding ortho intramolecular Hbond substituents is 1. The molecule has 0 aromatic heterocycles. The molecule has 64 heavy (non-hydrogen) atoms. The first kappa shape index (κ1) is 40.8. The van der Waals surface area contributed by atoms with Crippen LogP contribution in [-0.4, -0.2) is 67.7 Å². The van der Waals surface area contributed by atoms with Crippen LogP contribution in [0.25, 0.3) is 29.4 Å². The zero-order valence-corrected chi connectivity index (χ0v) is 36.3. The van der Waals surface area contributed by atoms with Gasteiger partial charge in [0.05, 0.1) is 45.7 Å². The van der Waals surface area contributed by atoms with Crippen LogP contribution in [-0.2, 0) is 18.3 Å². The molecule has 5 aromatic carbocycles. The zero-order valence-electron chi connectivity index (χ0n) is 36.3. The number of benzene rings is 5. The Hall–Kier alpha value is -5.98. The fourth-order valence-corrected chi connectivity index (χ4v) is 12.2. The maximum atomic E-state index is 12.5. The van der Waals surface area contributed by atoms with Gasteiger partial charge in [0, 0.05) is 57.3 Å². The Labute approximate surface area is 372 Å². The largest absolute Gasteiger partial charge is 0.502 e. The van der Waals surface area contributed by atoms with Crippen molar-refractivity contribution in [3.8, 4) is 45.6 Å². The Balaban J connectivity index is 0.938. The van der Waals surface area contributed by atoms with E-state index in [2.05, 4.69) is 83.5 Å². The first-order valence-electron chi connectivity index (χ1n) is 22.5. The first-order chi connectivity index (χ1) is 31.3. The summed E-state index contributed by atoms with van der Waals surface area (Å²) < 4.78 is 31.0. The smallest absolute Gasteiger partial charge is 0.200 e. The number of allylic oxidation sites excluding steroid dienone is 1. The maximum absolute atomic E-state index is 12.5. The van der Waals surface area contributed by atoms with Gasteiger partial charge in [0.1, 0.15) is 24.0 Å². The van der Waals surface area contributed by atoms with E-state index in [1.54, 1.807) is 19.2 Å². The number of rotatable bonds is 12. The van der Waals surface area contributed by atoms with E-state index < -0.39 is 23.7 Å². The summed E-state index contributed by atoms with van der Waals surface area (Å²) in [7, 11) is 3.14. The molecule has 0 bridgehead atoms. The summed E-state index contributed by atoms with van der Waals surface area (Å²) in [5, 5.41) is 56.0. The quantitative estimate of drug-likeness (QED) is 0.0627. The van der Waals surface area contributed by atoms with Crippen LogP contribution in [0, 0.1) is 23.7 Å². The van der Waals surface area contributed by atoms with E-state index in [1.807, 2.05) is 19.1 Å². The summed E-state index contributed by atoms with van der Waals surface area (Å²) in [6.45, 7) is 3.15. The van der Waals surface area contributed by atoms with E-state index in [0.717, 1.165) is 40.8 Å². The van der Waals surface area contributed by atoms with Crippen LogP contribution in [0.4, 0.5) is 5.69 Å². The standard InChI is InChI=1S/C53H54N2O9/c1-4-54-27-64-43-22-41(60-2)34-14-15-35-46-40(55-52(59)49(43)48(34)46)21-42-47(35)50(57)37(26-63-42)31-19-44(61-3)51(58)45(20-31)62-25-33(24-56)53-23-32-17-29-10-5-6-11-30(29)18-36(32)39(53)16-13-28-9-7-8-12-38(28)53/h5-13,16-22,32-33,36-37,39,50,52,54-59H,4,14-15,23-27H2,1-3H3. The Morgan fingerprint density at radius 2 is 1.62 bits per heavy atom. The highest BCUT2D eigenvalue weighted by Crippen LogP contribution is 2.61. The monoisotopic (exact) mass is 862 g/mol.